The number of sulfonamides is 1. The van der Waals surface area contributed by atoms with Crippen LogP contribution in [0.1, 0.15) is 30.9 Å². The van der Waals surface area contributed by atoms with E-state index in [2.05, 4.69) is 35.5 Å². The maximum absolute atomic E-state index is 13.1. The summed E-state index contributed by atoms with van der Waals surface area (Å²) in [4.78, 5) is 18.4. The Morgan fingerprint density at radius 1 is 1.22 bits per heavy atom. The van der Waals surface area contributed by atoms with Crippen molar-refractivity contribution in [1.82, 2.24) is 8.87 Å². The van der Waals surface area contributed by atoms with Crippen LogP contribution in [0, 0.1) is 19.8 Å². The van der Waals surface area contributed by atoms with Gasteiger partial charge in [-0.2, -0.15) is 9.30 Å². The molecule has 1 aliphatic heterocycles. The van der Waals surface area contributed by atoms with Crippen LogP contribution in [0.2, 0.25) is 5.02 Å². The average molecular weight is 492 g/mol. The molecule has 32 heavy (non-hydrogen) atoms. The van der Waals surface area contributed by atoms with Gasteiger partial charge in [-0.3, -0.25) is 4.79 Å². The van der Waals surface area contributed by atoms with Crippen molar-refractivity contribution in [3.05, 3.63) is 57.3 Å². The lowest BCUT2D eigenvalue weighted by molar-refractivity contribution is -0.122. The molecule has 0 saturated carbocycles. The van der Waals surface area contributed by atoms with Gasteiger partial charge in [-0.05, 0) is 75.1 Å². The summed E-state index contributed by atoms with van der Waals surface area (Å²) in [6.45, 7) is 7.40. The number of benzene rings is 2. The third-order valence-electron chi connectivity index (χ3n) is 5.82. The van der Waals surface area contributed by atoms with Crippen molar-refractivity contribution in [2.45, 2.75) is 45.1 Å². The molecule has 0 radical (unpaired) electrons. The molecule has 2 aromatic carbocycles. The summed E-state index contributed by atoms with van der Waals surface area (Å²) >= 11 is 7.41. The predicted molar refractivity (Wildman–Crippen MR) is 128 cm³/mol. The fourth-order valence-electron chi connectivity index (χ4n) is 4.21. The number of halogens is 1. The number of rotatable bonds is 4. The van der Waals surface area contributed by atoms with Crippen LogP contribution in [0.3, 0.4) is 0 Å². The SMILES string of the molecule is CCn1c(=NC(=O)C2CCCN(S(=O)(=O)c3ccc(Cl)cc3)C2)sc2c(C)cc(C)cc21. The van der Waals surface area contributed by atoms with E-state index in [1.807, 2.05) is 6.92 Å². The molecule has 2 heterocycles. The van der Waals surface area contributed by atoms with E-state index in [4.69, 9.17) is 11.6 Å². The monoisotopic (exact) mass is 491 g/mol. The fraction of sp³-hybridized carbons (Fsp3) is 0.391. The van der Waals surface area contributed by atoms with Crippen molar-refractivity contribution < 1.29 is 13.2 Å². The molecule has 1 atom stereocenters. The Bertz CT molecular complexity index is 1340. The van der Waals surface area contributed by atoms with E-state index in [9.17, 15) is 13.2 Å². The fourth-order valence-corrected chi connectivity index (χ4v) is 7.01. The Hall–Kier alpha value is -2.00. The van der Waals surface area contributed by atoms with Crippen LogP contribution >= 0.6 is 22.9 Å². The maximum atomic E-state index is 13.1. The zero-order chi connectivity index (χ0) is 23.0. The lowest BCUT2D eigenvalue weighted by atomic mass is 9.99. The van der Waals surface area contributed by atoms with Crippen molar-refractivity contribution in [2.75, 3.05) is 13.1 Å². The Labute approximate surface area is 197 Å². The first-order valence-corrected chi connectivity index (χ1v) is 13.3. The molecular weight excluding hydrogens is 466 g/mol. The lowest BCUT2D eigenvalue weighted by Gasteiger charge is -2.30. The van der Waals surface area contributed by atoms with Crippen LogP contribution in [0.25, 0.3) is 10.2 Å². The number of carbonyl (C=O) groups excluding carboxylic acids is 1. The van der Waals surface area contributed by atoms with Gasteiger partial charge in [-0.1, -0.05) is 29.0 Å². The summed E-state index contributed by atoms with van der Waals surface area (Å²) in [5, 5.41) is 0.479. The Kier molecular flexibility index (Phi) is 6.58. The molecule has 1 aliphatic rings. The van der Waals surface area contributed by atoms with Gasteiger partial charge in [0, 0.05) is 24.7 Å². The summed E-state index contributed by atoms with van der Waals surface area (Å²) < 4.78 is 30.7. The van der Waals surface area contributed by atoms with Gasteiger partial charge in [0.25, 0.3) is 5.91 Å². The van der Waals surface area contributed by atoms with Gasteiger partial charge in [0.2, 0.25) is 10.0 Å². The van der Waals surface area contributed by atoms with Gasteiger partial charge in [-0.15, -0.1) is 0 Å². The molecule has 170 valence electrons. The number of piperidine rings is 1. The molecule has 3 aromatic rings. The molecular formula is C23H26ClN3O3S2. The van der Waals surface area contributed by atoms with Crippen molar-refractivity contribution in [3.63, 3.8) is 0 Å². The summed E-state index contributed by atoms with van der Waals surface area (Å²) in [5.41, 5.74) is 3.42. The first-order valence-electron chi connectivity index (χ1n) is 10.7. The van der Waals surface area contributed by atoms with Crippen LogP contribution in [-0.4, -0.2) is 36.3 Å². The zero-order valence-corrected chi connectivity index (χ0v) is 20.7. The molecule has 0 aliphatic carbocycles. The number of nitrogens with zero attached hydrogens (tertiary/aromatic N) is 3. The summed E-state index contributed by atoms with van der Waals surface area (Å²) in [6.07, 6.45) is 1.25. The molecule has 0 N–H and O–H groups in total. The Morgan fingerprint density at radius 3 is 2.62 bits per heavy atom. The number of aryl methyl sites for hydroxylation is 3. The summed E-state index contributed by atoms with van der Waals surface area (Å²) in [6, 6.07) is 10.4. The molecule has 1 saturated heterocycles. The number of hydrogen-bond acceptors (Lipinski definition) is 4. The Balaban J connectivity index is 1.63. The van der Waals surface area contributed by atoms with E-state index < -0.39 is 15.9 Å². The van der Waals surface area contributed by atoms with Crippen LogP contribution in [0.4, 0.5) is 0 Å². The Morgan fingerprint density at radius 2 is 1.94 bits per heavy atom. The molecule has 1 unspecified atom stereocenters. The summed E-state index contributed by atoms with van der Waals surface area (Å²) in [7, 11) is -3.68. The molecule has 0 bridgehead atoms. The smallest absolute Gasteiger partial charge is 0.252 e. The lowest BCUT2D eigenvalue weighted by Crippen LogP contribution is -2.42. The van der Waals surface area contributed by atoms with Crippen molar-refractivity contribution >= 4 is 49.1 Å². The number of amides is 1. The first kappa shape index (κ1) is 23.2. The van der Waals surface area contributed by atoms with E-state index in [0.29, 0.717) is 35.8 Å². The minimum atomic E-state index is -3.68. The highest BCUT2D eigenvalue weighted by atomic mass is 35.5. The van der Waals surface area contributed by atoms with Gasteiger partial charge in [0.15, 0.2) is 4.80 Å². The summed E-state index contributed by atoms with van der Waals surface area (Å²) in [5.74, 6) is -0.715. The molecule has 1 aromatic heterocycles. The van der Waals surface area contributed by atoms with Gasteiger partial charge in [-0.25, -0.2) is 8.42 Å². The largest absolute Gasteiger partial charge is 0.317 e. The topological polar surface area (TPSA) is 71.7 Å². The van der Waals surface area contributed by atoms with Crippen LogP contribution in [-0.2, 0) is 21.4 Å². The van der Waals surface area contributed by atoms with Crippen molar-refractivity contribution in [1.29, 1.82) is 0 Å². The minimum Gasteiger partial charge on any atom is -0.317 e. The van der Waals surface area contributed by atoms with Crippen molar-refractivity contribution in [3.8, 4) is 0 Å². The highest BCUT2D eigenvalue weighted by Gasteiger charge is 2.33. The molecule has 6 nitrogen and oxygen atoms in total. The van der Waals surface area contributed by atoms with E-state index >= 15 is 0 Å². The molecule has 4 rings (SSSR count). The normalized spacial score (nSPS) is 18.4. The van der Waals surface area contributed by atoms with E-state index in [-0.39, 0.29) is 17.3 Å². The zero-order valence-electron chi connectivity index (χ0n) is 18.3. The number of fused-ring (bicyclic) bond motifs is 1. The average Bonchev–Trinajstić information content (AvgIpc) is 3.11. The van der Waals surface area contributed by atoms with E-state index in [1.165, 1.54) is 38.9 Å². The van der Waals surface area contributed by atoms with E-state index in [0.717, 1.165) is 10.2 Å². The second-order valence-corrected chi connectivity index (χ2v) is 11.5. The quantitative estimate of drug-likeness (QED) is 0.538. The van der Waals surface area contributed by atoms with Crippen molar-refractivity contribution in [2.24, 2.45) is 10.9 Å². The second kappa shape index (κ2) is 9.09. The van der Waals surface area contributed by atoms with Crippen LogP contribution in [0.5, 0.6) is 0 Å². The third kappa shape index (κ3) is 4.41. The predicted octanol–water partition coefficient (Wildman–Crippen LogP) is 4.52. The third-order valence-corrected chi connectivity index (χ3v) is 9.18. The van der Waals surface area contributed by atoms with Gasteiger partial charge in [0.1, 0.15) is 0 Å². The first-order chi connectivity index (χ1) is 15.2. The molecule has 0 spiro atoms. The highest BCUT2D eigenvalue weighted by molar-refractivity contribution is 7.89. The molecule has 1 fully saturated rings. The number of thiazole rings is 1. The van der Waals surface area contributed by atoms with Gasteiger partial charge < -0.3 is 4.57 Å². The second-order valence-electron chi connectivity index (χ2n) is 8.17. The minimum absolute atomic E-state index is 0.141. The number of carbonyl (C=O) groups is 1. The number of hydrogen-bond donors (Lipinski definition) is 0. The maximum Gasteiger partial charge on any atom is 0.252 e. The van der Waals surface area contributed by atoms with E-state index in [1.54, 1.807) is 12.1 Å². The van der Waals surface area contributed by atoms with Crippen LogP contribution in [0.15, 0.2) is 46.3 Å². The standard InChI is InChI=1S/C23H26ClN3O3S2/c1-4-27-20-13-15(2)12-16(3)21(20)31-23(27)25-22(28)17-6-5-11-26(14-17)32(29,30)19-9-7-18(24)8-10-19/h7-10,12-13,17H,4-6,11,14H2,1-3H3. The van der Waals surface area contributed by atoms with Crippen LogP contribution < -0.4 is 4.80 Å². The molecule has 9 heteroatoms. The number of aromatic nitrogens is 1. The van der Waals surface area contributed by atoms with Gasteiger partial charge >= 0.3 is 0 Å². The highest BCUT2D eigenvalue weighted by Crippen LogP contribution is 2.26. The van der Waals surface area contributed by atoms with Gasteiger partial charge in [0.05, 0.1) is 21.0 Å². The molecule has 1 amide bonds.